The second-order valence-electron chi connectivity index (χ2n) is 6.71. The van der Waals surface area contributed by atoms with Crippen molar-refractivity contribution >= 4 is 45.2 Å². The van der Waals surface area contributed by atoms with E-state index in [9.17, 15) is 19.2 Å². The van der Waals surface area contributed by atoms with Crippen molar-refractivity contribution in [1.82, 2.24) is 15.2 Å². The predicted molar refractivity (Wildman–Crippen MR) is 116 cm³/mol. The molecule has 0 spiro atoms. The zero-order valence-electron chi connectivity index (χ0n) is 16.8. The number of hydrogen-bond acceptors (Lipinski definition) is 9. The molecule has 1 saturated heterocycles. The van der Waals surface area contributed by atoms with E-state index in [2.05, 4.69) is 10.3 Å². The summed E-state index contributed by atoms with van der Waals surface area (Å²) >= 11 is 0. The minimum Gasteiger partial charge on any atom is -0.444 e. The Labute approximate surface area is 184 Å². The fraction of sp³-hybridized carbons (Fsp3) is 0.550. The highest BCUT2D eigenvalue weighted by molar-refractivity contribution is 8.76. The Balaban J connectivity index is 1.38. The molecule has 2 amide bonds. The molecule has 0 unspecified atom stereocenters. The average Bonchev–Trinajstić information content (AvgIpc) is 3.07. The van der Waals surface area contributed by atoms with Crippen molar-refractivity contribution < 1.29 is 23.9 Å². The molecule has 0 radical (unpaired) electrons. The summed E-state index contributed by atoms with van der Waals surface area (Å²) in [7, 11) is 3.19. The van der Waals surface area contributed by atoms with Crippen LogP contribution in [0, 0.1) is 0 Å². The van der Waals surface area contributed by atoms with Crippen LogP contribution in [0.25, 0.3) is 0 Å². The van der Waals surface area contributed by atoms with Crippen LogP contribution >= 0.6 is 21.6 Å². The number of carbonyl (C=O) groups excluding carboxylic acids is 4. The van der Waals surface area contributed by atoms with Crippen molar-refractivity contribution in [1.29, 1.82) is 0 Å². The van der Waals surface area contributed by atoms with Crippen LogP contribution in [0.1, 0.15) is 44.9 Å². The van der Waals surface area contributed by atoms with Crippen LogP contribution in [0.3, 0.4) is 0 Å². The molecule has 30 heavy (non-hydrogen) atoms. The maximum absolute atomic E-state index is 11.8. The van der Waals surface area contributed by atoms with Crippen molar-refractivity contribution in [3.8, 4) is 0 Å². The van der Waals surface area contributed by atoms with E-state index >= 15 is 0 Å². The Morgan fingerprint density at radius 3 is 2.63 bits per heavy atom. The third kappa shape index (κ3) is 9.73. The lowest BCUT2D eigenvalue weighted by atomic mass is 10.2. The smallest absolute Gasteiger partial charge is 0.307 e. The van der Waals surface area contributed by atoms with Crippen molar-refractivity contribution in [3.63, 3.8) is 0 Å². The van der Waals surface area contributed by atoms with Crippen molar-refractivity contribution in [2.45, 2.75) is 50.0 Å². The minimum atomic E-state index is -0.410. The van der Waals surface area contributed by atoms with E-state index in [-0.39, 0.29) is 43.6 Å². The van der Waals surface area contributed by atoms with Crippen LogP contribution < -0.4 is 5.32 Å². The van der Waals surface area contributed by atoms with Crippen LogP contribution in [0.2, 0.25) is 0 Å². The maximum atomic E-state index is 11.8. The molecule has 0 atom stereocenters. The van der Waals surface area contributed by atoms with Crippen molar-refractivity contribution in [3.05, 3.63) is 24.4 Å². The zero-order chi connectivity index (χ0) is 21.6. The summed E-state index contributed by atoms with van der Waals surface area (Å²) in [6.45, 7) is 0.793. The number of aromatic nitrogens is 1. The fourth-order valence-electron chi connectivity index (χ4n) is 2.64. The topological polar surface area (TPSA) is 106 Å². The zero-order valence-corrected chi connectivity index (χ0v) is 18.5. The van der Waals surface area contributed by atoms with Gasteiger partial charge in [-0.15, -0.1) is 0 Å². The maximum Gasteiger partial charge on any atom is 0.307 e. The van der Waals surface area contributed by atoms with E-state index in [4.69, 9.17) is 4.74 Å². The third-order valence-corrected chi connectivity index (χ3v) is 6.58. The number of esters is 1. The second-order valence-corrected chi connectivity index (χ2v) is 9.15. The van der Waals surface area contributed by atoms with E-state index in [1.807, 2.05) is 18.2 Å². The number of ether oxygens (including phenoxy) is 1. The van der Waals surface area contributed by atoms with Crippen LogP contribution in [0.15, 0.2) is 29.4 Å². The highest BCUT2D eigenvalue weighted by atomic mass is 33.1. The lowest BCUT2D eigenvalue weighted by Crippen LogP contribution is -2.32. The van der Waals surface area contributed by atoms with Gasteiger partial charge >= 0.3 is 5.97 Å². The van der Waals surface area contributed by atoms with Gasteiger partial charge in [0.25, 0.3) is 0 Å². The van der Waals surface area contributed by atoms with Crippen LogP contribution in [-0.4, -0.2) is 59.0 Å². The molecule has 0 saturated carbocycles. The molecule has 2 rings (SSSR count). The SMILES string of the molecule is O=C(CCSSc1ccccn1)CNCCCCCC(=O)OCN1C(=O)CCC1=O. The Bertz CT molecular complexity index is 702. The lowest BCUT2D eigenvalue weighted by Gasteiger charge is -2.13. The summed E-state index contributed by atoms with van der Waals surface area (Å²) < 4.78 is 4.98. The molecule has 8 nitrogen and oxygen atoms in total. The molecular weight excluding hydrogens is 426 g/mol. The molecule has 0 aliphatic carbocycles. The molecule has 2 heterocycles. The van der Waals surface area contributed by atoms with E-state index in [0.29, 0.717) is 25.9 Å². The highest BCUT2D eigenvalue weighted by Crippen LogP contribution is 2.29. The molecule has 1 N–H and O–H groups in total. The molecule has 0 aromatic carbocycles. The van der Waals surface area contributed by atoms with Crippen LogP contribution in [0.4, 0.5) is 0 Å². The molecule has 164 valence electrons. The Morgan fingerprint density at radius 2 is 1.90 bits per heavy atom. The van der Waals surface area contributed by atoms with Gasteiger partial charge in [-0.05, 0) is 42.3 Å². The molecule has 1 aromatic rings. The molecule has 1 aliphatic rings. The highest BCUT2D eigenvalue weighted by Gasteiger charge is 2.29. The van der Waals surface area contributed by atoms with Gasteiger partial charge in [-0.1, -0.05) is 23.3 Å². The van der Waals surface area contributed by atoms with Crippen LogP contribution in [-0.2, 0) is 23.9 Å². The number of pyridine rings is 1. The van der Waals surface area contributed by atoms with Gasteiger partial charge in [0.05, 0.1) is 6.54 Å². The second kappa shape index (κ2) is 14.2. The van der Waals surface area contributed by atoms with Crippen molar-refractivity contribution in [2.75, 3.05) is 25.6 Å². The number of nitrogens with zero attached hydrogens (tertiary/aromatic N) is 2. The number of rotatable bonds is 15. The molecule has 0 bridgehead atoms. The fourth-order valence-corrected chi connectivity index (χ4v) is 4.55. The van der Waals surface area contributed by atoms with Gasteiger partial charge in [-0.2, -0.15) is 0 Å². The summed E-state index contributed by atoms with van der Waals surface area (Å²) in [5.74, 6) is -0.0678. The first-order valence-corrected chi connectivity index (χ1v) is 12.3. The minimum absolute atomic E-state index is 0.179. The van der Waals surface area contributed by atoms with Gasteiger partial charge < -0.3 is 10.1 Å². The largest absolute Gasteiger partial charge is 0.444 e. The van der Waals surface area contributed by atoms with Gasteiger partial charge in [0.2, 0.25) is 11.8 Å². The number of imide groups is 1. The van der Waals surface area contributed by atoms with E-state index < -0.39 is 5.97 Å². The first-order chi connectivity index (χ1) is 14.6. The lowest BCUT2D eigenvalue weighted by molar-refractivity contribution is -0.155. The van der Waals surface area contributed by atoms with Gasteiger partial charge in [-0.3, -0.25) is 19.2 Å². The Morgan fingerprint density at radius 1 is 1.10 bits per heavy atom. The predicted octanol–water partition coefficient (Wildman–Crippen LogP) is 2.58. The first kappa shape index (κ1) is 24.4. The molecule has 1 fully saturated rings. The normalized spacial score (nSPS) is 13.7. The van der Waals surface area contributed by atoms with Gasteiger partial charge in [0.15, 0.2) is 6.73 Å². The standard InChI is InChI=1S/C20H27N3O5S2/c24-16(10-13-29-30-17-6-3-5-12-22-17)14-21-11-4-1-2-7-20(27)28-15-23-18(25)8-9-19(23)26/h3,5-6,12,21H,1-2,4,7-11,13-15H2. The van der Waals surface area contributed by atoms with E-state index in [1.54, 1.807) is 27.8 Å². The molecule has 1 aromatic heterocycles. The molecular formula is C20H27N3O5S2. The third-order valence-electron chi connectivity index (χ3n) is 4.31. The summed E-state index contributed by atoms with van der Waals surface area (Å²) in [6.07, 6.45) is 5.25. The number of likely N-dealkylation sites (tertiary alicyclic amines) is 1. The Kier molecular flexibility index (Phi) is 11.5. The summed E-state index contributed by atoms with van der Waals surface area (Å²) in [6, 6.07) is 5.75. The van der Waals surface area contributed by atoms with Gasteiger partial charge in [0, 0.05) is 37.6 Å². The number of amides is 2. The van der Waals surface area contributed by atoms with Gasteiger partial charge in [0.1, 0.15) is 10.8 Å². The summed E-state index contributed by atoms with van der Waals surface area (Å²) in [5, 5.41) is 4.07. The van der Waals surface area contributed by atoms with Crippen molar-refractivity contribution in [2.24, 2.45) is 0 Å². The summed E-state index contributed by atoms with van der Waals surface area (Å²) in [4.78, 5) is 51.5. The Hall–Kier alpha value is -1.91. The quantitative estimate of drug-likeness (QED) is 0.186. The van der Waals surface area contributed by atoms with E-state index in [0.717, 1.165) is 28.5 Å². The number of nitrogens with one attached hydrogen (secondary N) is 1. The number of carbonyl (C=O) groups is 4. The number of hydrogen-bond donors (Lipinski definition) is 1. The van der Waals surface area contributed by atoms with Crippen LogP contribution in [0.5, 0.6) is 0 Å². The van der Waals surface area contributed by atoms with E-state index in [1.165, 1.54) is 0 Å². The first-order valence-electron chi connectivity index (χ1n) is 9.98. The monoisotopic (exact) mass is 453 g/mol. The molecule has 1 aliphatic heterocycles. The average molecular weight is 454 g/mol. The molecule has 10 heteroatoms. The summed E-state index contributed by atoms with van der Waals surface area (Å²) in [5.41, 5.74) is 0. The number of ketones is 1. The number of Topliss-reactive ketones (excluding diaryl/α,β-unsaturated/α-hetero) is 1. The number of unbranched alkanes of at least 4 members (excludes halogenated alkanes) is 2. The van der Waals surface area contributed by atoms with Gasteiger partial charge in [-0.25, -0.2) is 9.88 Å².